The van der Waals surface area contributed by atoms with Gasteiger partial charge in [0.2, 0.25) is 0 Å². The molecule has 10 nitrogen and oxygen atoms in total. The number of hydroxylamine groups is 1. The van der Waals surface area contributed by atoms with Gasteiger partial charge < -0.3 is 15.0 Å². The average Bonchev–Trinajstić information content (AvgIpc) is 3.31. The van der Waals surface area contributed by atoms with Crippen LogP contribution in [0.2, 0.25) is 0 Å². The lowest BCUT2D eigenvalue weighted by Gasteiger charge is -2.34. The Bertz CT molecular complexity index is 1230. The highest BCUT2D eigenvalue weighted by molar-refractivity contribution is 7.93. The van der Waals surface area contributed by atoms with Crippen molar-refractivity contribution in [2.75, 3.05) is 44.2 Å². The number of urea groups is 1. The number of sulfone groups is 1. The smallest absolute Gasteiger partial charge is 0.324 e. The third-order valence-corrected chi connectivity index (χ3v) is 9.90. The van der Waals surface area contributed by atoms with Gasteiger partial charge in [0.1, 0.15) is 5.75 Å². The van der Waals surface area contributed by atoms with Crippen LogP contribution in [-0.4, -0.2) is 74.5 Å². The Hall–Kier alpha value is -3.15. The normalized spacial score (nSPS) is 17.6. The number of hydrogen-bond acceptors (Lipinski definition) is 7. The molecule has 3 N–H and O–H groups in total. The summed E-state index contributed by atoms with van der Waals surface area (Å²) >= 11 is 0. The van der Waals surface area contributed by atoms with Crippen LogP contribution in [0.4, 0.5) is 10.5 Å². The Balaban J connectivity index is 1.29. The van der Waals surface area contributed by atoms with E-state index in [1.807, 2.05) is 12.1 Å². The Morgan fingerprint density at radius 3 is 2.34 bits per heavy atom. The van der Waals surface area contributed by atoms with E-state index >= 15 is 0 Å². The van der Waals surface area contributed by atoms with Crippen LogP contribution < -0.4 is 20.4 Å². The number of rotatable bonds is 10. The van der Waals surface area contributed by atoms with E-state index in [1.54, 1.807) is 21.9 Å². The van der Waals surface area contributed by atoms with Crippen molar-refractivity contribution in [3.8, 4) is 5.75 Å². The fourth-order valence-electron chi connectivity index (χ4n) is 5.01. The highest BCUT2D eigenvalue weighted by atomic mass is 32.2. The number of nitrogens with zero attached hydrogens (tertiary/aromatic N) is 2. The van der Waals surface area contributed by atoms with Gasteiger partial charge in [0.15, 0.2) is 14.6 Å². The SMILES string of the molecule is CC(C)c1ccc(N2CCN(CCCOc3ccc(S(=O)(=O)C4(C(=O)NO)CCNCC4)cc3)C2=O)cc1. The molecule has 2 aromatic rings. The fraction of sp³-hybridized carbons (Fsp3) is 0.481. The maximum absolute atomic E-state index is 13.4. The molecule has 0 unspecified atom stereocenters. The van der Waals surface area contributed by atoms with Gasteiger partial charge in [-0.1, -0.05) is 26.0 Å². The first-order valence-corrected chi connectivity index (χ1v) is 14.5. The van der Waals surface area contributed by atoms with Gasteiger partial charge in [0, 0.05) is 25.3 Å². The molecule has 0 saturated carbocycles. The van der Waals surface area contributed by atoms with Crippen molar-refractivity contribution in [2.45, 2.75) is 48.7 Å². The number of hydrogen-bond donors (Lipinski definition) is 3. The van der Waals surface area contributed by atoms with E-state index in [0.29, 0.717) is 57.4 Å². The minimum Gasteiger partial charge on any atom is -0.494 e. The van der Waals surface area contributed by atoms with Crippen molar-refractivity contribution in [2.24, 2.45) is 0 Å². The van der Waals surface area contributed by atoms with Crippen LogP contribution >= 0.6 is 0 Å². The molecule has 2 aromatic carbocycles. The monoisotopic (exact) mass is 544 g/mol. The second-order valence-corrected chi connectivity index (χ2v) is 12.3. The quantitative estimate of drug-likeness (QED) is 0.238. The first kappa shape index (κ1) is 27.9. The van der Waals surface area contributed by atoms with Crippen molar-refractivity contribution >= 4 is 27.5 Å². The molecule has 3 amide bonds. The summed E-state index contributed by atoms with van der Waals surface area (Å²) in [5.41, 5.74) is 3.68. The van der Waals surface area contributed by atoms with Gasteiger partial charge in [-0.25, -0.2) is 18.7 Å². The predicted octanol–water partition coefficient (Wildman–Crippen LogP) is 2.92. The summed E-state index contributed by atoms with van der Waals surface area (Å²) in [4.78, 5) is 28.8. The molecule has 0 atom stereocenters. The summed E-state index contributed by atoms with van der Waals surface area (Å²) in [6, 6.07) is 14.1. The standard InChI is InChI=1S/C27H36N4O6S/c1-20(2)21-4-6-22(7-5-21)31-18-17-30(26(31)33)16-3-19-37-23-8-10-24(11-9-23)38(35,36)27(25(32)29-34)12-14-28-15-13-27/h4-11,20,28,34H,3,12-19H2,1-2H3,(H,29,32). The molecule has 0 radical (unpaired) electrons. The summed E-state index contributed by atoms with van der Waals surface area (Å²) in [6.45, 7) is 7.20. The maximum Gasteiger partial charge on any atom is 0.324 e. The Kier molecular flexibility index (Phi) is 8.59. The number of amides is 3. The van der Waals surface area contributed by atoms with E-state index in [-0.39, 0.29) is 23.8 Å². The summed E-state index contributed by atoms with van der Waals surface area (Å²) in [7, 11) is -4.05. The molecule has 2 aliphatic heterocycles. The van der Waals surface area contributed by atoms with E-state index < -0.39 is 20.5 Å². The van der Waals surface area contributed by atoms with Crippen molar-refractivity contribution in [3.05, 3.63) is 54.1 Å². The molecule has 2 saturated heterocycles. The molecule has 4 rings (SSSR count). The third-order valence-electron chi connectivity index (χ3n) is 7.38. The lowest BCUT2D eigenvalue weighted by atomic mass is 9.96. The van der Waals surface area contributed by atoms with Gasteiger partial charge in [-0.05, 0) is 80.2 Å². The highest BCUT2D eigenvalue weighted by Gasteiger charge is 2.51. The molecule has 0 spiro atoms. The molecule has 11 heteroatoms. The third kappa shape index (κ3) is 5.50. The van der Waals surface area contributed by atoms with Gasteiger partial charge in [-0.15, -0.1) is 0 Å². The number of carbonyl (C=O) groups excluding carboxylic acids is 2. The summed E-state index contributed by atoms with van der Waals surface area (Å²) < 4.78 is 30.8. The van der Waals surface area contributed by atoms with Crippen LogP contribution in [0.15, 0.2) is 53.4 Å². The topological polar surface area (TPSA) is 128 Å². The lowest BCUT2D eigenvalue weighted by molar-refractivity contribution is -0.132. The van der Waals surface area contributed by atoms with Crippen LogP contribution in [0.25, 0.3) is 0 Å². The largest absolute Gasteiger partial charge is 0.494 e. The molecule has 2 aliphatic rings. The number of anilines is 1. The average molecular weight is 545 g/mol. The van der Waals surface area contributed by atoms with Gasteiger partial charge >= 0.3 is 6.03 Å². The minimum absolute atomic E-state index is 0.000434. The van der Waals surface area contributed by atoms with Gasteiger partial charge in [0.05, 0.1) is 11.5 Å². The zero-order valence-corrected chi connectivity index (χ0v) is 22.7. The van der Waals surface area contributed by atoms with E-state index in [1.165, 1.54) is 23.2 Å². The molecule has 0 aliphatic carbocycles. The molecule has 0 bridgehead atoms. The van der Waals surface area contributed by atoms with E-state index in [9.17, 15) is 23.2 Å². The minimum atomic E-state index is -4.05. The zero-order chi connectivity index (χ0) is 27.3. The van der Waals surface area contributed by atoms with Gasteiger partial charge in [0.25, 0.3) is 5.91 Å². The van der Waals surface area contributed by atoms with Crippen molar-refractivity contribution in [3.63, 3.8) is 0 Å². The highest BCUT2D eigenvalue weighted by Crippen LogP contribution is 2.34. The van der Waals surface area contributed by atoms with Gasteiger partial charge in [-0.3, -0.25) is 14.9 Å². The molecule has 38 heavy (non-hydrogen) atoms. The number of benzene rings is 2. The second-order valence-electron chi connectivity index (χ2n) is 10.0. The molecule has 2 heterocycles. The van der Waals surface area contributed by atoms with E-state index in [0.717, 1.165) is 5.69 Å². The first-order valence-electron chi connectivity index (χ1n) is 13.0. The predicted molar refractivity (Wildman–Crippen MR) is 143 cm³/mol. The van der Waals surface area contributed by atoms with Crippen molar-refractivity contribution in [1.29, 1.82) is 0 Å². The van der Waals surface area contributed by atoms with Crippen molar-refractivity contribution in [1.82, 2.24) is 15.7 Å². The number of piperidine rings is 1. The van der Waals surface area contributed by atoms with Crippen LogP contribution in [0, 0.1) is 0 Å². The number of nitrogens with one attached hydrogen (secondary N) is 2. The van der Waals surface area contributed by atoms with Crippen molar-refractivity contribution < 1.29 is 28.0 Å². The van der Waals surface area contributed by atoms with Crippen LogP contribution in [0.1, 0.15) is 44.6 Å². The van der Waals surface area contributed by atoms with Gasteiger partial charge in [-0.2, -0.15) is 0 Å². The number of carbonyl (C=O) groups is 2. The lowest BCUT2D eigenvalue weighted by Crippen LogP contribution is -2.57. The first-order chi connectivity index (χ1) is 18.2. The molecule has 0 aromatic heterocycles. The zero-order valence-electron chi connectivity index (χ0n) is 21.9. The molecule has 206 valence electrons. The van der Waals surface area contributed by atoms with Crippen LogP contribution in [0.5, 0.6) is 5.75 Å². The van der Waals surface area contributed by atoms with E-state index in [2.05, 4.69) is 31.3 Å². The second kappa shape index (κ2) is 11.7. The molecular formula is C27H36N4O6S. The van der Waals surface area contributed by atoms with Crippen LogP contribution in [0.3, 0.4) is 0 Å². The fourth-order valence-corrected chi connectivity index (χ4v) is 6.98. The Labute approximate surface area is 223 Å². The number of ether oxygens (including phenoxy) is 1. The van der Waals surface area contributed by atoms with E-state index in [4.69, 9.17) is 4.74 Å². The summed E-state index contributed by atoms with van der Waals surface area (Å²) in [6.07, 6.45) is 0.754. The Morgan fingerprint density at radius 2 is 1.74 bits per heavy atom. The van der Waals surface area contributed by atoms with Crippen LogP contribution in [-0.2, 0) is 14.6 Å². The molecular weight excluding hydrogens is 508 g/mol. The maximum atomic E-state index is 13.4. The summed E-state index contributed by atoms with van der Waals surface area (Å²) in [5.74, 6) is 0.0192. The summed E-state index contributed by atoms with van der Waals surface area (Å²) in [5, 5.41) is 12.2. The molecule has 2 fully saturated rings. The Morgan fingerprint density at radius 1 is 1.08 bits per heavy atom.